The van der Waals surface area contributed by atoms with Crippen LogP contribution in [0.25, 0.3) is 23.0 Å². The molecular weight excluding hydrogens is 410 g/mol. The third-order valence-electron chi connectivity index (χ3n) is 4.80. The van der Waals surface area contributed by atoms with Crippen LogP contribution in [0.5, 0.6) is 0 Å². The van der Waals surface area contributed by atoms with Gasteiger partial charge in [-0.3, -0.25) is 9.69 Å². The van der Waals surface area contributed by atoms with Crippen molar-refractivity contribution in [1.29, 1.82) is 0 Å². The van der Waals surface area contributed by atoms with Crippen LogP contribution in [0.2, 0.25) is 0 Å². The molecule has 0 radical (unpaired) electrons. The molecular formula is C24H23N3OS2. The van der Waals surface area contributed by atoms with E-state index < -0.39 is 0 Å². The summed E-state index contributed by atoms with van der Waals surface area (Å²) in [7, 11) is 0. The fourth-order valence-electron chi connectivity index (χ4n) is 3.31. The van der Waals surface area contributed by atoms with E-state index in [1.54, 1.807) is 4.90 Å². The van der Waals surface area contributed by atoms with Crippen molar-refractivity contribution in [3.05, 3.63) is 76.8 Å². The Morgan fingerprint density at radius 2 is 1.80 bits per heavy atom. The molecule has 0 spiro atoms. The van der Waals surface area contributed by atoms with Crippen molar-refractivity contribution in [2.24, 2.45) is 5.92 Å². The number of nitrogens with zero attached hydrogens (tertiary/aromatic N) is 3. The molecule has 1 aliphatic rings. The van der Waals surface area contributed by atoms with Gasteiger partial charge in [0.2, 0.25) is 0 Å². The monoisotopic (exact) mass is 433 g/mol. The van der Waals surface area contributed by atoms with E-state index in [0.29, 0.717) is 21.7 Å². The van der Waals surface area contributed by atoms with Gasteiger partial charge in [-0.1, -0.05) is 85.9 Å². The SMILES string of the molecule is Cc1ccc(-c2nn(-c3ccccc3)cc2/C=C2\SC(=S)N(CC(C)C)C2=O)cc1. The summed E-state index contributed by atoms with van der Waals surface area (Å²) in [6, 6.07) is 18.2. The maximum absolute atomic E-state index is 12.9. The Hall–Kier alpha value is -2.70. The zero-order chi connectivity index (χ0) is 21.3. The van der Waals surface area contributed by atoms with Crippen molar-refractivity contribution in [2.75, 3.05) is 6.54 Å². The van der Waals surface area contributed by atoms with E-state index >= 15 is 0 Å². The van der Waals surface area contributed by atoms with Crippen molar-refractivity contribution in [2.45, 2.75) is 20.8 Å². The third-order valence-corrected chi connectivity index (χ3v) is 6.17. The largest absolute Gasteiger partial charge is 0.293 e. The summed E-state index contributed by atoms with van der Waals surface area (Å²) in [5.74, 6) is 0.330. The summed E-state index contributed by atoms with van der Waals surface area (Å²) >= 11 is 6.82. The Morgan fingerprint density at radius 1 is 1.10 bits per heavy atom. The van der Waals surface area contributed by atoms with Crippen molar-refractivity contribution in [1.82, 2.24) is 14.7 Å². The van der Waals surface area contributed by atoms with E-state index in [1.807, 2.05) is 47.3 Å². The molecule has 30 heavy (non-hydrogen) atoms. The van der Waals surface area contributed by atoms with Gasteiger partial charge in [-0.25, -0.2) is 4.68 Å². The zero-order valence-electron chi connectivity index (χ0n) is 17.2. The molecule has 0 atom stereocenters. The van der Waals surface area contributed by atoms with Gasteiger partial charge in [-0.15, -0.1) is 0 Å². The predicted molar refractivity (Wildman–Crippen MR) is 128 cm³/mol. The summed E-state index contributed by atoms with van der Waals surface area (Å²) in [4.78, 5) is 15.3. The van der Waals surface area contributed by atoms with Crippen LogP contribution < -0.4 is 0 Å². The highest BCUT2D eigenvalue weighted by Crippen LogP contribution is 2.35. The third kappa shape index (κ3) is 4.25. The molecule has 0 saturated carbocycles. The molecule has 1 aliphatic heterocycles. The van der Waals surface area contributed by atoms with E-state index in [0.717, 1.165) is 22.5 Å². The molecule has 2 heterocycles. The normalized spacial score (nSPS) is 15.6. The second-order valence-corrected chi connectivity index (χ2v) is 9.44. The number of amides is 1. The van der Waals surface area contributed by atoms with Crippen molar-refractivity contribution >= 4 is 40.3 Å². The fraction of sp³-hybridized carbons (Fsp3) is 0.208. The Morgan fingerprint density at radius 3 is 2.47 bits per heavy atom. The second-order valence-electron chi connectivity index (χ2n) is 7.77. The zero-order valence-corrected chi connectivity index (χ0v) is 18.8. The van der Waals surface area contributed by atoms with Gasteiger partial charge >= 0.3 is 0 Å². The first-order valence-electron chi connectivity index (χ1n) is 9.90. The number of hydrogen-bond donors (Lipinski definition) is 0. The number of thioether (sulfide) groups is 1. The number of para-hydroxylation sites is 1. The Balaban J connectivity index is 1.78. The minimum Gasteiger partial charge on any atom is -0.293 e. The number of carbonyl (C=O) groups is 1. The molecule has 2 aromatic carbocycles. The van der Waals surface area contributed by atoms with Crippen molar-refractivity contribution < 1.29 is 4.79 Å². The summed E-state index contributed by atoms with van der Waals surface area (Å²) in [6.45, 7) is 6.87. The Labute approximate surface area is 186 Å². The lowest BCUT2D eigenvalue weighted by Crippen LogP contribution is -2.31. The summed E-state index contributed by atoms with van der Waals surface area (Å²) < 4.78 is 2.47. The summed E-state index contributed by atoms with van der Waals surface area (Å²) in [6.07, 6.45) is 3.89. The van der Waals surface area contributed by atoms with Crippen LogP contribution in [-0.2, 0) is 4.79 Å². The van der Waals surface area contributed by atoms with Crippen molar-refractivity contribution in [3.63, 3.8) is 0 Å². The standard InChI is InChI=1S/C24H23N3OS2/c1-16(2)14-26-23(28)21(30-24(26)29)13-19-15-27(20-7-5-4-6-8-20)25-22(19)18-11-9-17(3)10-12-18/h4-13,15-16H,14H2,1-3H3/b21-13-. The van der Waals surface area contributed by atoms with Crippen LogP contribution in [0.15, 0.2) is 65.7 Å². The molecule has 4 nitrogen and oxygen atoms in total. The molecule has 152 valence electrons. The molecule has 6 heteroatoms. The molecule has 3 aromatic rings. The number of carbonyl (C=O) groups excluding carboxylic acids is 1. The molecule has 0 bridgehead atoms. The molecule has 1 saturated heterocycles. The van der Waals surface area contributed by atoms with Gasteiger partial charge in [-0.05, 0) is 31.1 Å². The van der Waals surface area contributed by atoms with E-state index in [9.17, 15) is 4.79 Å². The lowest BCUT2D eigenvalue weighted by atomic mass is 10.1. The van der Waals surface area contributed by atoms with Gasteiger partial charge < -0.3 is 0 Å². The molecule has 4 rings (SSSR count). The topological polar surface area (TPSA) is 38.1 Å². The molecule has 1 fully saturated rings. The van der Waals surface area contributed by atoms with Gasteiger partial charge in [0.15, 0.2) is 0 Å². The first-order chi connectivity index (χ1) is 14.4. The van der Waals surface area contributed by atoms with Gasteiger partial charge in [-0.2, -0.15) is 5.10 Å². The fourth-order valence-corrected chi connectivity index (χ4v) is 4.57. The predicted octanol–water partition coefficient (Wildman–Crippen LogP) is 5.70. The van der Waals surface area contributed by atoms with Gasteiger partial charge in [0.25, 0.3) is 5.91 Å². The number of aryl methyl sites for hydroxylation is 1. The molecule has 1 aromatic heterocycles. The highest BCUT2D eigenvalue weighted by atomic mass is 32.2. The highest BCUT2D eigenvalue weighted by Gasteiger charge is 2.32. The lowest BCUT2D eigenvalue weighted by molar-refractivity contribution is -0.122. The minimum atomic E-state index is -0.0268. The number of aromatic nitrogens is 2. The second kappa shape index (κ2) is 8.58. The van der Waals surface area contributed by atoms with Crippen LogP contribution in [0.3, 0.4) is 0 Å². The first kappa shape index (κ1) is 20.6. The number of benzene rings is 2. The highest BCUT2D eigenvalue weighted by molar-refractivity contribution is 8.26. The van der Waals surface area contributed by atoms with Gasteiger partial charge in [0, 0.05) is 23.9 Å². The van der Waals surface area contributed by atoms with Crippen LogP contribution in [0.1, 0.15) is 25.0 Å². The Bertz CT molecular complexity index is 1120. The first-order valence-corrected chi connectivity index (χ1v) is 11.1. The van der Waals surface area contributed by atoms with Gasteiger partial charge in [0.1, 0.15) is 4.32 Å². The lowest BCUT2D eigenvalue weighted by Gasteiger charge is -2.16. The number of rotatable bonds is 5. The smallest absolute Gasteiger partial charge is 0.266 e. The number of hydrogen-bond acceptors (Lipinski definition) is 4. The Kier molecular flexibility index (Phi) is 5.88. The van der Waals surface area contributed by atoms with Crippen LogP contribution in [0, 0.1) is 12.8 Å². The molecule has 1 amide bonds. The summed E-state index contributed by atoms with van der Waals surface area (Å²) in [5, 5.41) is 4.84. The van der Waals surface area contributed by atoms with E-state index in [2.05, 4.69) is 45.0 Å². The van der Waals surface area contributed by atoms with Crippen LogP contribution in [0.4, 0.5) is 0 Å². The average Bonchev–Trinajstić information content (AvgIpc) is 3.26. The van der Waals surface area contributed by atoms with E-state index in [-0.39, 0.29) is 5.91 Å². The van der Waals surface area contributed by atoms with Crippen LogP contribution in [-0.4, -0.2) is 31.5 Å². The summed E-state index contributed by atoms with van der Waals surface area (Å²) in [5.41, 5.74) is 4.91. The average molecular weight is 434 g/mol. The van der Waals surface area contributed by atoms with E-state index in [4.69, 9.17) is 17.3 Å². The maximum atomic E-state index is 12.9. The van der Waals surface area contributed by atoms with Crippen LogP contribution >= 0.6 is 24.0 Å². The van der Waals surface area contributed by atoms with Gasteiger partial charge in [0.05, 0.1) is 16.3 Å². The maximum Gasteiger partial charge on any atom is 0.266 e. The van der Waals surface area contributed by atoms with Crippen molar-refractivity contribution in [3.8, 4) is 16.9 Å². The van der Waals surface area contributed by atoms with E-state index in [1.165, 1.54) is 17.3 Å². The molecule has 0 unspecified atom stereocenters. The molecule has 0 N–H and O–H groups in total. The quantitative estimate of drug-likeness (QED) is 0.382. The molecule has 0 aliphatic carbocycles. The number of thiocarbonyl (C=S) groups is 1. The minimum absolute atomic E-state index is 0.0268.